The van der Waals surface area contributed by atoms with E-state index in [-0.39, 0.29) is 0 Å². The van der Waals surface area contributed by atoms with E-state index in [1.165, 1.54) is 2.81 Å². The summed E-state index contributed by atoms with van der Waals surface area (Å²) >= 11 is 4.51. The van der Waals surface area contributed by atoms with E-state index in [2.05, 4.69) is 40.2 Å². The van der Waals surface area contributed by atoms with E-state index in [1.807, 2.05) is 0 Å². The van der Waals surface area contributed by atoms with Crippen molar-refractivity contribution in [1.29, 1.82) is 0 Å². The van der Waals surface area contributed by atoms with Crippen LogP contribution in [0.5, 0.6) is 0 Å². The molecule has 1 rings (SSSR count). The molecule has 1 N–H and O–H groups in total. The summed E-state index contributed by atoms with van der Waals surface area (Å²) < 4.78 is 28.5. The van der Waals surface area contributed by atoms with Crippen molar-refractivity contribution in [2.24, 2.45) is 0 Å². The molecule has 68 valence electrons. The van der Waals surface area contributed by atoms with Gasteiger partial charge in [-0.15, -0.1) is 0 Å². The summed E-state index contributed by atoms with van der Waals surface area (Å²) in [6, 6.07) is 8.41. The number of benzene rings is 1. The van der Waals surface area contributed by atoms with Crippen molar-refractivity contribution in [3.8, 4) is 0 Å². The van der Waals surface area contributed by atoms with E-state index in [4.69, 9.17) is 4.55 Å². The number of rotatable bonds is 0. The van der Waals surface area contributed by atoms with E-state index < -0.39 is 10.1 Å². The van der Waals surface area contributed by atoms with Crippen LogP contribution in [0, 0.1) is 0 Å². The SMILES string of the molecule is CS(=O)(=O)O.[Na][c]1ccc(Br)cc1. The van der Waals surface area contributed by atoms with Crippen LogP contribution in [-0.2, 0) is 10.1 Å². The van der Waals surface area contributed by atoms with Crippen LogP contribution in [0.2, 0.25) is 0 Å². The van der Waals surface area contributed by atoms with Crippen LogP contribution in [0.3, 0.4) is 0 Å². The first-order chi connectivity index (χ1) is 5.79. The van der Waals surface area contributed by atoms with Crippen molar-refractivity contribution in [3.63, 3.8) is 0 Å². The van der Waals surface area contributed by atoms with Crippen molar-refractivity contribution in [2.45, 2.75) is 0 Å². The Kier molecular flexibility index (Phi) is 6.45. The molecule has 0 amide bonds. The Labute approximate surface area is 104 Å². The van der Waals surface area contributed by atoms with Crippen molar-refractivity contribution < 1.29 is 13.0 Å². The Hall–Kier alpha value is 0.610. The molecule has 0 heterocycles. The first-order valence-corrected chi connectivity index (χ1v) is 7.08. The van der Waals surface area contributed by atoms with E-state index >= 15 is 0 Å². The third-order valence-electron chi connectivity index (χ3n) is 1.01. The molecule has 0 bridgehead atoms. The quantitative estimate of drug-likeness (QED) is 0.561. The zero-order chi connectivity index (χ0) is 10.5. The van der Waals surface area contributed by atoms with Crippen LogP contribution < -0.4 is 2.81 Å². The van der Waals surface area contributed by atoms with Gasteiger partial charge in [-0.25, -0.2) is 0 Å². The van der Waals surface area contributed by atoms with Crippen molar-refractivity contribution >= 4 is 56.8 Å². The Bertz CT molecular complexity index is 318. The molecule has 0 unspecified atom stereocenters. The molecule has 1 aromatic rings. The van der Waals surface area contributed by atoms with Crippen LogP contribution in [0.1, 0.15) is 0 Å². The summed E-state index contributed by atoms with van der Waals surface area (Å²) in [5.41, 5.74) is 0. The van der Waals surface area contributed by atoms with Gasteiger partial charge < -0.3 is 0 Å². The predicted octanol–water partition coefficient (Wildman–Crippen LogP) is 0.747. The molecule has 0 radical (unpaired) electrons. The number of hydrogen-bond donors (Lipinski definition) is 1. The molecule has 6 heteroatoms. The van der Waals surface area contributed by atoms with Gasteiger partial charge in [0.05, 0.1) is 6.26 Å². The summed E-state index contributed by atoms with van der Waals surface area (Å²) in [6.45, 7) is 0. The molecule has 3 nitrogen and oxygen atoms in total. The van der Waals surface area contributed by atoms with Crippen LogP contribution in [0.15, 0.2) is 28.7 Å². The predicted molar refractivity (Wildman–Crippen MR) is 57.0 cm³/mol. The van der Waals surface area contributed by atoms with Gasteiger partial charge in [0.15, 0.2) is 0 Å². The zero-order valence-corrected chi connectivity index (χ0v) is 11.8. The molecular weight excluding hydrogens is 267 g/mol. The van der Waals surface area contributed by atoms with Crippen molar-refractivity contribution in [1.82, 2.24) is 0 Å². The summed E-state index contributed by atoms with van der Waals surface area (Å²) in [6.07, 6.45) is 0.715. The Morgan fingerprint density at radius 3 is 1.85 bits per heavy atom. The van der Waals surface area contributed by atoms with Gasteiger partial charge in [0.1, 0.15) is 0 Å². The number of hydrogen-bond acceptors (Lipinski definition) is 2. The van der Waals surface area contributed by atoms with Gasteiger partial charge in [0.2, 0.25) is 0 Å². The van der Waals surface area contributed by atoms with Gasteiger partial charge in [0, 0.05) is 0 Å². The second-order valence-electron chi connectivity index (χ2n) is 2.53. The van der Waals surface area contributed by atoms with Crippen molar-refractivity contribution in [3.05, 3.63) is 28.7 Å². The van der Waals surface area contributed by atoms with Crippen molar-refractivity contribution in [2.75, 3.05) is 6.26 Å². The first-order valence-electron chi connectivity index (χ1n) is 3.43. The molecule has 0 saturated heterocycles. The standard InChI is InChI=1S/C6H4Br.CH4O3S.Na/c7-6-4-2-1-3-5-6;1-5(2,3)4;/h2-5H;1H3,(H,2,3,4);. The zero-order valence-electron chi connectivity index (χ0n) is 7.36. The minimum absolute atomic E-state index is 0.715. The van der Waals surface area contributed by atoms with E-state index in [0.717, 1.165) is 32.4 Å². The molecule has 0 saturated carbocycles. The molecule has 0 spiro atoms. The van der Waals surface area contributed by atoms with Gasteiger partial charge in [-0.05, 0) is 0 Å². The maximum atomic E-state index is 9.19. The van der Waals surface area contributed by atoms with Gasteiger partial charge >= 0.3 is 75.4 Å². The molecule has 13 heavy (non-hydrogen) atoms. The first kappa shape index (κ1) is 13.6. The monoisotopic (exact) mass is 274 g/mol. The fourth-order valence-electron chi connectivity index (χ4n) is 0.533. The van der Waals surface area contributed by atoms with E-state index in [1.54, 1.807) is 0 Å². The second kappa shape index (κ2) is 6.16. The Morgan fingerprint density at radius 1 is 1.31 bits per heavy atom. The van der Waals surface area contributed by atoms with Crippen LogP contribution in [0.25, 0.3) is 0 Å². The molecule has 1 aromatic carbocycles. The molecule has 0 aromatic heterocycles. The molecule has 0 fully saturated rings. The van der Waals surface area contributed by atoms with Crippen LogP contribution in [0.4, 0.5) is 0 Å². The van der Waals surface area contributed by atoms with Gasteiger partial charge in [-0.3, -0.25) is 4.55 Å². The summed E-state index contributed by atoms with van der Waals surface area (Å²) in [4.78, 5) is 0. The molecule has 0 aliphatic rings. The fraction of sp³-hybridized carbons (Fsp3) is 0.143. The number of halogens is 1. The summed E-state index contributed by atoms with van der Waals surface area (Å²) in [5.74, 6) is 0. The average Bonchev–Trinajstić information content (AvgIpc) is 1.92. The normalized spacial score (nSPS) is 10.2. The maximum absolute atomic E-state index is 9.19. The topological polar surface area (TPSA) is 54.4 Å². The Morgan fingerprint density at radius 2 is 1.62 bits per heavy atom. The third-order valence-corrected chi connectivity index (χ3v) is 2.21. The van der Waals surface area contributed by atoms with Gasteiger partial charge in [-0.2, -0.15) is 8.42 Å². The van der Waals surface area contributed by atoms with Gasteiger partial charge in [0.25, 0.3) is 10.1 Å². The summed E-state index contributed by atoms with van der Waals surface area (Å²) in [5, 5.41) is 0. The fourth-order valence-corrected chi connectivity index (χ4v) is 1.13. The minimum atomic E-state index is -3.67. The third kappa shape index (κ3) is 12.6. The Balaban J connectivity index is 0.000000252. The molecule has 0 atom stereocenters. The van der Waals surface area contributed by atoms with E-state index in [9.17, 15) is 8.42 Å². The summed E-state index contributed by atoms with van der Waals surface area (Å²) in [7, 11) is -3.67. The molecular formula is C7H8BrNaO3S. The second-order valence-corrected chi connectivity index (χ2v) is 6.07. The molecule has 0 aliphatic heterocycles. The van der Waals surface area contributed by atoms with E-state index in [0.29, 0.717) is 6.26 Å². The average molecular weight is 275 g/mol. The van der Waals surface area contributed by atoms with Crippen LogP contribution >= 0.6 is 15.9 Å². The van der Waals surface area contributed by atoms with Gasteiger partial charge in [-0.1, -0.05) is 0 Å². The molecule has 0 aliphatic carbocycles. The van der Waals surface area contributed by atoms with Crippen LogP contribution in [-0.4, -0.2) is 47.2 Å².